The molecule has 164 valence electrons. The molecule has 0 aliphatic heterocycles. The monoisotopic (exact) mass is 459 g/mol. The smallest absolute Gasteiger partial charge is 0.262 e. The fourth-order valence-corrected chi connectivity index (χ4v) is 4.06. The number of aryl methyl sites for hydroxylation is 1. The summed E-state index contributed by atoms with van der Waals surface area (Å²) in [6, 6.07) is 13.1. The van der Waals surface area contributed by atoms with Gasteiger partial charge in [-0.25, -0.2) is 4.98 Å². The number of aromatic nitrogens is 2. The number of nitrogens with zero attached hydrogens (tertiary/aromatic N) is 2. The average molecular weight is 460 g/mol. The Bertz CT molecular complexity index is 1100. The first-order valence-corrected chi connectivity index (χ1v) is 11.6. The highest BCUT2D eigenvalue weighted by molar-refractivity contribution is 7.99. The van der Waals surface area contributed by atoms with E-state index in [0.29, 0.717) is 53.8 Å². The number of carbonyl (C=O) groups excluding carboxylic acids is 1. The van der Waals surface area contributed by atoms with Crippen molar-refractivity contribution in [3.63, 3.8) is 0 Å². The van der Waals surface area contributed by atoms with Crippen molar-refractivity contribution < 1.29 is 9.53 Å². The third-order valence-electron chi connectivity index (χ3n) is 4.70. The van der Waals surface area contributed by atoms with E-state index in [9.17, 15) is 9.59 Å². The molecule has 0 saturated heterocycles. The molecule has 0 atom stereocenters. The summed E-state index contributed by atoms with van der Waals surface area (Å²) in [5.41, 5.74) is 2.60. The molecule has 1 N–H and O–H groups in total. The van der Waals surface area contributed by atoms with E-state index in [-0.39, 0.29) is 17.2 Å². The normalized spacial score (nSPS) is 11.1. The SMILES string of the molecule is CCOCCCn1c(SCC(=O)NCc2ccc(C)cc2)nc2cc(Cl)ccc2c1=O. The van der Waals surface area contributed by atoms with Gasteiger partial charge in [0.25, 0.3) is 5.56 Å². The molecule has 6 nitrogen and oxygen atoms in total. The van der Waals surface area contributed by atoms with E-state index in [0.717, 1.165) is 5.56 Å². The molecule has 0 saturated carbocycles. The molecule has 0 unspecified atom stereocenters. The predicted molar refractivity (Wildman–Crippen MR) is 126 cm³/mol. The van der Waals surface area contributed by atoms with Crippen LogP contribution in [-0.4, -0.2) is 34.4 Å². The number of nitrogens with one attached hydrogen (secondary N) is 1. The van der Waals surface area contributed by atoms with E-state index >= 15 is 0 Å². The average Bonchev–Trinajstić information content (AvgIpc) is 2.76. The van der Waals surface area contributed by atoms with Gasteiger partial charge >= 0.3 is 0 Å². The summed E-state index contributed by atoms with van der Waals surface area (Å²) in [6.45, 7) is 6.08. The van der Waals surface area contributed by atoms with Crippen molar-refractivity contribution in [3.8, 4) is 0 Å². The van der Waals surface area contributed by atoms with Crippen molar-refractivity contribution in [1.29, 1.82) is 0 Å². The van der Waals surface area contributed by atoms with Gasteiger partial charge in [-0.15, -0.1) is 0 Å². The molecule has 31 heavy (non-hydrogen) atoms. The highest BCUT2D eigenvalue weighted by atomic mass is 35.5. The fourth-order valence-electron chi connectivity index (χ4n) is 3.04. The summed E-state index contributed by atoms with van der Waals surface area (Å²) in [5.74, 6) is 0.0439. The van der Waals surface area contributed by atoms with Crippen LogP contribution in [0.15, 0.2) is 52.4 Å². The van der Waals surface area contributed by atoms with Gasteiger partial charge in [0.2, 0.25) is 5.91 Å². The van der Waals surface area contributed by atoms with Crippen molar-refractivity contribution in [2.45, 2.75) is 38.5 Å². The minimum atomic E-state index is -0.138. The number of benzene rings is 2. The zero-order valence-corrected chi connectivity index (χ0v) is 19.3. The molecule has 3 rings (SSSR count). The maximum atomic E-state index is 13.0. The summed E-state index contributed by atoms with van der Waals surface area (Å²) in [7, 11) is 0. The molecule has 3 aromatic rings. The van der Waals surface area contributed by atoms with Gasteiger partial charge in [0.15, 0.2) is 5.16 Å². The Labute approximate surface area is 191 Å². The molecule has 0 aliphatic carbocycles. The molecule has 1 aromatic heterocycles. The Balaban J connectivity index is 1.72. The van der Waals surface area contributed by atoms with Crippen molar-refractivity contribution in [2.24, 2.45) is 0 Å². The van der Waals surface area contributed by atoms with Gasteiger partial charge in [-0.1, -0.05) is 53.2 Å². The van der Waals surface area contributed by atoms with Gasteiger partial charge < -0.3 is 10.1 Å². The highest BCUT2D eigenvalue weighted by Crippen LogP contribution is 2.20. The van der Waals surface area contributed by atoms with Crippen molar-refractivity contribution in [1.82, 2.24) is 14.9 Å². The number of carbonyl (C=O) groups is 1. The number of halogens is 1. The summed E-state index contributed by atoms with van der Waals surface area (Å²) in [4.78, 5) is 30.0. The number of amides is 1. The largest absolute Gasteiger partial charge is 0.382 e. The Morgan fingerprint density at radius 2 is 2.00 bits per heavy atom. The first kappa shape index (κ1) is 23.3. The Kier molecular flexibility index (Phi) is 8.51. The third-order valence-corrected chi connectivity index (χ3v) is 5.91. The molecule has 8 heteroatoms. The van der Waals surface area contributed by atoms with E-state index in [4.69, 9.17) is 16.3 Å². The minimum absolute atomic E-state index is 0.119. The fraction of sp³-hybridized carbons (Fsp3) is 0.348. The molecule has 2 aromatic carbocycles. The van der Waals surface area contributed by atoms with E-state index in [1.165, 1.54) is 17.3 Å². The number of hydrogen-bond acceptors (Lipinski definition) is 5. The van der Waals surface area contributed by atoms with Crippen molar-refractivity contribution in [2.75, 3.05) is 19.0 Å². The van der Waals surface area contributed by atoms with Crippen LogP contribution in [0.3, 0.4) is 0 Å². The molecule has 1 heterocycles. The number of fused-ring (bicyclic) bond motifs is 1. The lowest BCUT2D eigenvalue weighted by molar-refractivity contribution is -0.118. The highest BCUT2D eigenvalue weighted by Gasteiger charge is 2.14. The van der Waals surface area contributed by atoms with Crippen LogP contribution in [-0.2, 0) is 22.6 Å². The second kappa shape index (κ2) is 11.3. The van der Waals surface area contributed by atoms with Gasteiger partial charge in [0, 0.05) is 31.3 Å². The number of hydrogen-bond donors (Lipinski definition) is 1. The van der Waals surface area contributed by atoms with Gasteiger partial charge in [0.05, 0.1) is 16.7 Å². The number of ether oxygens (including phenoxy) is 1. The third kappa shape index (κ3) is 6.56. The van der Waals surface area contributed by atoms with E-state index < -0.39 is 0 Å². The Morgan fingerprint density at radius 1 is 1.23 bits per heavy atom. The lowest BCUT2D eigenvalue weighted by Gasteiger charge is -2.13. The van der Waals surface area contributed by atoms with Crippen LogP contribution in [0.25, 0.3) is 10.9 Å². The molecule has 0 aliphatic rings. The second-order valence-electron chi connectivity index (χ2n) is 7.11. The van der Waals surface area contributed by atoms with Crippen LogP contribution in [0.2, 0.25) is 5.02 Å². The minimum Gasteiger partial charge on any atom is -0.382 e. The first-order chi connectivity index (χ1) is 15.0. The van der Waals surface area contributed by atoms with Crippen LogP contribution >= 0.6 is 23.4 Å². The van der Waals surface area contributed by atoms with Crippen LogP contribution in [0.5, 0.6) is 0 Å². The van der Waals surface area contributed by atoms with E-state index in [1.807, 2.05) is 38.1 Å². The molecule has 1 amide bonds. The quantitative estimate of drug-likeness (QED) is 0.279. The molecule has 0 bridgehead atoms. The molecule has 0 spiro atoms. The zero-order chi connectivity index (χ0) is 22.2. The Hall–Kier alpha value is -2.35. The molecular formula is C23H26ClN3O3S. The lowest BCUT2D eigenvalue weighted by atomic mass is 10.1. The molecule has 0 fully saturated rings. The molecular weight excluding hydrogens is 434 g/mol. The summed E-state index contributed by atoms with van der Waals surface area (Å²) in [6.07, 6.45) is 0.682. The molecule has 0 radical (unpaired) electrons. The maximum absolute atomic E-state index is 13.0. The van der Waals surface area contributed by atoms with Crippen LogP contribution in [0.4, 0.5) is 0 Å². The van der Waals surface area contributed by atoms with Gasteiger partial charge in [-0.2, -0.15) is 0 Å². The summed E-state index contributed by atoms with van der Waals surface area (Å²) >= 11 is 7.33. The lowest BCUT2D eigenvalue weighted by Crippen LogP contribution is -2.27. The standard InChI is InChI=1S/C23H26ClN3O3S/c1-3-30-12-4-11-27-22(29)19-10-9-18(24)13-20(19)26-23(27)31-15-21(28)25-14-17-7-5-16(2)6-8-17/h5-10,13H,3-4,11-12,14-15H2,1-2H3,(H,25,28). The van der Waals surface area contributed by atoms with Gasteiger partial charge in [-0.05, 0) is 44.0 Å². The van der Waals surface area contributed by atoms with Crippen molar-refractivity contribution >= 4 is 40.2 Å². The number of thioether (sulfide) groups is 1. The van der Waals surface area contributed by atoms with Crippen LogP contribution in [0, 0.1) is 6.92 Å². The van der Waals surface area contributed by atoms with Crippen molar-refractivity contribution in [3.05, 3.63) is 69.0 Å². The van der Waals surface area contributed by atoms with Crippen LogP contribution < -0.4 is 10.9 Å². The topological polar surface area (TPSA) is 73.2 Å². The van der Waals surface area contributed by atoms with Crippen LogP contribution in [0.1, 0.15) is 24.5 Å². The van der Waals surface area contributed by atoms with E-state index in [2.05, 4.69) is 10.3 Å². The predicted octanol–water partition coefficient (Wildman–Crippen LogP) is 4.19. The Morgan fingerprint density at radius 3 is 2.74 bits per heavy atom. The van der Waals surface area contributed by atoms with Gasteiger partial charge in [-0.3, -0.25) is 14.2 Å². The second-order valence-corrected chi connectivity index (χ2v) is 8.49. The zero-order valence-electron chi connectivity index (χ0n) is 17.7. The maximum Gasteiger partial charge on any atom is 0.262 e. The first-order valence-electron chi connectivity index (χ1n) is 10.2. The summed E-state index contributed by atoms with van der Waals surface area (Å²) < 4.78 is 7.01. The van der Waals surface area contributed by atoms with Gasteiger partial charge in [0.1, 0.15) is 0 Å². The summed E-state index contributed by atoms with van der Waals surface area (Å²) in [5, 5.41) is 4.44. The van der Waals surface area contributed by atoms with E-state index in [1.54, 1.807) is 22.8 Å². The number of rotatable bonds is 10.